The molecule has 1 aromatic heterocycles. The standard InChI is InChI=1S/C22H23NO4/c1-25-21-11-16-9-10-23(13-17(16)12-22(21)26-2)14-19-7-8-20(27-19)15-3-5-18(24)6-4-15/h3-8,11-12,24H,9-10,13-14H2,1-2H3. The first-order chi connectivity index (χ1) is 13.2. The largest absolute Gasteiger partial charge is 0.508 e. The number of methoxy groups -OCH3 is 2. The van der Waals surface area contributed by atoms with E-state index in [1.165, 1.54) is 11.1 Å². The molecule has 0 amide bonds. The molecule has 0 radical (unpaired) electrons. The molecule has 140 valence electrons. The summed E-state index contributed by atoms with van der Waals surface area (Å²) in [6.45, 7) is 2.58. The van der Waals surface area contributed by atoms with Crippen molar-refractivity contribution in [3.63, 3.8) is 0 Å². The molecule has 0 bridgehead atoms. The van der Waals surface area contributed by atoms with Crippen LogP contribution in [0.25, 0.3) is 11.3 Å². The molecule has 5 nitrogen and oxygen atoms in total. The number of rotatable bonds is 5. The highest BCUT2D eigenvalue weighted by atomic mass is 16.5. The Balaban J connectivity index is 1.48. The molecule has 5 heteroatoms. The summed E-state index contributed by atoms with van der Waals surface area (Å²) in [6, 6.07) is 15.2. The average molecular weight is 365 g/mol. The summed E-state index contributed by atoms with van der Waals surface area (Å²) in [4.78, 5) is 2.37. The number of ether oxygens (including phenoxy) is 2. The van der Waals surface area contributed by atoms with E-state index in [9.17, 15) is 5.11 Å². The first-order valence-corrected chi connectivity index (χ1v) is 9.00. The molecular formula is C22H23NO4. The smallest absolute Gasteiger partial charge is 0.161 e. The molecule has 27 heavy (non-hydrogen) atoms. The number of benzene rings is 2. The highest BCUT2D eigenvalue weighted by Gasteiger charge is 2.20. The quantitative estimate of drug-likeness (QED) is 0.733. The third-order valence-electron chi connectivity index (χ3n) is 4.99. The lowest BCUT2D eigenvalue weighted by Gasteiger charge is -2.28. The van der Waals surface area contributed by atoms with Crippen LogP contribution >= 0.6 is 0 Å². The van der Waals surface area contributed by atoms with Gasteiger partial charge in [0.15, 0.2) is 11.5 Å². The number of fused-ring (bicyclic) bond motifs is 1. The van der Waals surface area contributed by atoms with Crippen molar-refractivity contribution in [2.24, 2.45) is 0 Å². The van der Waals surface area contributed by atoms with Gasteiger partial charge in [0.1, 0.15) is 17.3 Å². The monoisotopic (exact) mass is 365 g/mol. The Bertz CT molecular complexity index is 930. The van der Waals surface area contributed by atoms with Gasteiger partial charge in [-0.15, -0.1) is 0 Å². The fourth-order valence-corrected chi connectivity index (χ4v) is 3.54. The summed E-state index contributed by atoms with van der Waals surface area (Å²) >= 11 is 0. The molecule has 1 aliphatic rings. The predicted molar refractivity (Wildman–Crippen MR) is 103 cm³/mol. The van der Waals surface area contributed by atoms with E-state index >= 15 is 0 Å². The van der Waals surface area contributed by atoms with Crippen molar-refractivity contribution in [1.82, 2.24) is 4.90 Å². The van der Waals surface area contributed by atoms with Gasteiger partial charge < -0.3 is 19.0 Å². The maximum absolute atomic E-state index is 9.42. The summed E-state index contributed by atoms with van der Waals surface area (Å²) in [5.41, 5.74) is 3.54. The topological polar surface area (TPSA) is 55.1 Å². The minimum atomic E-state index is 0.254. The van der Waals surface area contributed by atoms with Gasteiger partial charge in [0, 0.05) is 18.7 Å². The van der Waals surface area contributed by atoms with Crippen LogP contribution in [0.15, 0.2) is 52.9 Å². The summed E-state index contributed by atoms with van der Waals surface area (Å²) < 4.78 is 16.9. The van der Waals surface area contributed by atoms with Gasteiger partial charge in [-0.05, 0) is 66.1 Å². The van der Waals surface area contributed by atoms with Gasteiger partial charge in [0.2, 0.25) is 0 Å². The fraction of sp³-hybridized carbons (Fsp3) is 0.273. The SMILES string of the molecule is COc1cc2c(cc1OC)CN(Cc1ccc(-c3ccc(O)cc3)o1)CC2. The Labute approximate surface area is 158 Å². The van der Waals surface area contributed by atoms with E-state index in [4.69, 9.17) is 13.9 Å². The number of phenolic OH excluding ortho intramolecular Hbond substituents is 1. The van der Waals surface area contributed by atoms with Crippen LogP contribution in [0, 0.1) is 0 Å². The highest BCUT2D eigenvalue weighted by molar-refractivity contribution is 5.58. The van der Waals surface area contributed by atoms with Crippen LogP contribution in [-0.4, -0.2) is 30.8 Å². The Hall–Kier alpha value is -2.92. The number of phenols is 1. The normalized spacial score (nSPS) is 14.0. The molecule has 1 N–H and O–H groups in total. The summed E-state index contributed by atoms with van der Waals surface area (Å²) in [6.07, 6.45) is 0.973. The second kappa shape index (κ2) is 7.37. The molecule has 0 saturated carbocycles. The zero-order chi connectivity index (χ0) is 18.8. The Morgan fingerprint density at radius 3 is 2.37 bits per heavy atom. The lowest BCUT2D eigenvalue weighted by molar-refractivity contribution is 0.225. The lowest BCUT2D eigenvalue weighted by Crippen LogP contribution is -2.30. The third kappa shape index (κ3) is 3.64. The second-order valence-corrected chi connectivity index (χ2v) is 6.75. The van der Waals surface area contributed by atoms with Gasteiger partial charge in [0.25, 0.3) is 0 Å². The molecule has 4 rings (SSSR count). The number of furan rings is 1. The molecule has 3 aromatic rings. The van der Waals surface area contributed by atoms with Crippen LogP contribution in [0.1, 0.15) is 16.9 Å². The highest BCUT2D eigenvalue weighted by Crippen LogP contribution is 2.34. The molecule has 0 spiro atoms. The van der Waals surface area contributed by atoms with Crippen molar-refractivity contribution in [2.45, 2.75) is 19.5 Å². The summed E-state index contributed by atoms with van der Waals surface area (Å²) in [7, 11) is 3.33. The first kappa shape index (κ1) is 17.5. The Morgan fingerprint density at radius 1 is 0.963 bits per heavy atom. The molecule has 0 unspecified atom stereocenters. The molecule has 0 aliphatic carbocycles. The van der Waals surface area contributed by atoms with E-state index in [0.717, 1.165) is 54.6 Å². The van der Waals surface area contributed by atoms with Crippen LogP contribution in [-0.2, 0) is 19.5 Å². The summed E-state index contributed by atoms with van der Waals surface area (Å²) in [5, 5.41) is 9.42. The van der Waals surface area contributed by atoms with Gasteiger partial charge in [-0.3, -0.25) is 4.90 Å². The van der Waals surface area contributed by atoms with Gasteiger partial charge in [-0.2, -0.15) is 0 Å². The van der Waals surface area contributed by atoms with Gasteiger partial charge in [-0.25, -0.2) is 0 Å². The number of hydrogen-bond acceptors (Lipinski definition) is 5. The van der Waals surface area contributed by atoms with Crippen LogP contribution in [0.4, 0.5) is 0 Å². The van der Waals surface area contributed by atoms with Crippen molar-refractivity contribution >= 4 is 0 Å². The Morgan fingerprint density at radius 2 is 1.67 bits per heavy atom. The van der Waals surface area contributed by atoms with E-state index in [-0.39, 0.29) is 5.75 Å². The molecular weight excluding hydrogens is 342 g/mol. The van der Waals surface area contributed by atoms with Crippen LogP contribution < -0.4 is 9.47 Å². The lowest BCUT2D eigenvalue weighted by atomic mass is 9.98. The van der Waals surface area contributed by atoms with Gasteiger partial charge in [0.05, 0.1) is 20.8 Å². The molecule has 0 saturated heterocycles. The van der Waals surface area contributed by atoms with Crippen molar-refractivity contribution in [3.8, 4) is 28.6 Å². The maximum atomic E-state index is 9.42. The van der Waals surface area contributed by atoms with Crippen LogP contribution in [0.2, 0.25) is 0 Å². The zero-order valence-corrected chi connectivity index (χ0v) is 15.6. The Kier molecular flexibility index (Phi) is 4.77. The number of nitrogens with zero attached hydrogens (tertiary/aromatic N) is 1. The number of hydrogen-bond donors (Lipinski definition) is 1. The first-order valence-electron chi connectivity index (χ1n) is 9.00. The molecule has 0 fully saturated rings. The van der Waals surface area contributed by atoms with E-state index in [0.29, 0.717) is 0 Å². The van der Waals surface area contributed by atoms with Gasteiger partial charge in [-0.1, -0.05) is 0 Å². The third-order valence-corrected chi connectivity index (χ3v) is 4.99. The van der Waals surface area contributed by atoms with Crippen molar-refractivity contribution < 1.29 is 19.0 Å². The van der Waals surface area contributed by atoms with E-state index in [1.807, 2.05) is 24.3 Å². The zero-order valence-electron chi connectivity index (χ0n) is 15.6. The van der Waals surface area contributed by atoms with E-state index in [1.54, 1.807) is 26.4 Å². The van der Waals surface area contributed by atoms with E-state index < -0.39 is 0 Å². The van der Waals surface area contributed by atoms with Crippen LogP contribution in [0.3, 0.4) is 0 Å². The second-order valence-electron chi connectivity index (χ2n) is 6.75. The minimum Gasteiger partial charge on any atom is -0.508 e. The van der Waals surface area contributed by atoms with Crippen molar-refractivity contribution in [1.29, 1.82) is 0 Å². The molecule has 2 aromatic carbocycles. The number of aromatic hydroxyl groups is 1. The molecule has 2 heterocycles. The summed E-state index contributed by atoms with van der Waals surface area (Å²) in [5.74, 6) is 3.56. The predicted octanol–water partition coefficient (Wildman–Crippen LogP) is 4.23. The minimum absolute atomic E-state index is 0.254. The van der Waals surface area contributed by atoms with Crippen molar-refractivity contribution in [3.05, 3.63) is 65.4 Å². The van der Waals surface area contributed by atoms with Crippen LogP contribution in [0.5, 0.6) is 17.2 Å². The van der Waals surface area contributed by atoms with Gasteiger partial charge >= 0.3 is 0 Å². The maximum Gasteiger partial charge on any atom is 0.161 e. The van der Waals surface area contributed by atoms with Crippen molar-refractivity contribution in [2.75, 3.05) is 20.8 Å². The molecule has 1 aliphatic heterocycles. The van der Waals surface area contributed by atoms with E-state index in [2.05, 4.69) is 17.0 Å². The fourth-order valence-electron chi connectivity index (χ4n) is 3.54. The average Bonchev–Trinajstić information content (AvgIpc) is 3.15. The molecule has 0 atom stereocenters.